The van der Waals surface area contributed by atoms with E-state index >= 15 is 0 Å². The van der Waals surface area contributed by atoms with E-state index in [9.17, 15) is 8.78 Å². The van der Waals surface area contributed by atoms with Crippen molar-refractivity contribution >= 4 is 0 Å². The van der Waals surface area contributed by atoms with Gasteiger partial charge in [0.25, 0.3) is 0 Å². The highest BCUT2D eigenvalue weighted by Crippen LogP contribution is 2.16. The minimum absolute atomic E-state index is 0.113. The van der Waals surface area contributed by atoms with Gasteiger partial charge in [-0.25, -0.2) is 8.78 Å². The van der Waals surface area contributed by atoms with Gasteiger partial charge >= 0.3 is 0 Å². The molecule has 0 aliphatic heterocycles. The molecule has 0 amide bonds. The molecule has 12 heavy (non-hydrogen) atoms. The normalized spacial score (nSPS) is 12.2. The summed E-state index contributed by atoms with van der Waals surface area (Å²) in [4.78, 5) is 0. The van der Waals surface area contributed by atoms with Gasteiger partial charge < -0.3 is 5.73 Å². The Morgan fingerprint density at radius 2 is 2.08 bits per heavy atom. The van der Waals surface area contributed by atoms with Crippen LogP contribution < -0.4 is 5.73 Å². The van der Waals surface area contributed by atoms with Gasteiger partial charge in [0.2, 0.25) is 0 Å². The van der Waals surface area contributed by atoms with Crippen LogP contribution in [0, 0.1) is 23.0 Å². The monoisotopic (exact) mass is 168 g/mol. The Kier molecular flexibility index (Phi) is 2.36. The van der Waals surface area contributed by atoms with Gasteiger partial charge in [0.05, 0.1) is 6.07 Å². The van der Waals surface area contributed by atoms with Crippen molar-refractivity contribution in [2.24, 2.45) is 5.73 Å². The summed E-state index contributed by atoms with van der Waals surface area (Å²) in [5.41, 5.74) is 5.08. The predicted molar refractivity (Wildman–Crippen MR) is 38.9 cm³/mol. The molecule has 0 aliphatic rings. The molecule has 4 heteroatoms. The second-order valence-electron chi connectivity index (χ2n) is 2.25. The number of hydrogen-bond acceptors (Lipinski definition) is 2. The average molecular weight is 168 g/mol. The second kappa shape index (κ2) is 3.28. The molecule has 0 saturated carbocycles. The van der Waals surface area contributed by atoms with Crippen molar-refractivity contribution in [1.82, 2.24) is 0 Å². The fraction of sp³-hybridized carbons (Fsp3) is 0.125. The van der Waals surface area contributed by atoms with E-state index in [1.807, 2.05) is 0 Å². The smallest absolute Gasteiger partial charge is 0.164 e. The van der Waals surface area contributed by atoms with Gasteiger partial charge in [-0.3, -0.25) is 0 Å². The van der Waals surface area contributed by atoms with Gasteiger partial charge in [0.15, 0.2) is 11.6 Å². The minimum atomic E-state index is -1.11. The fourth-order valence-corrected chi connectivity index (χ4v) is 0.830. The van der Waals surface area contributed by atoms with Gasteiger partial charge in [-0.1, -0.05) is 12.1 Å². The molecule has 0 fully saturated rings. The van der Waals surface area contributed by atoms with Crippen molar-refractivity contribution in [2.75, 3.05) is 0 Å². The van der Waals surface area contributed by atoms with Crippen molar-refractivity contribution in [3.8, 4) is 6.07 Å². The maximum atomic E-state index is 12.8. The van der Waals surface area contributed by atoms with Gasteiger partial charge in [-0.05, 0) is 6.07 Å². The van der Waals surface area contributed by atoms with Crippen molar-refractivity contribution in [2.45, 2.75) is 6.04 Å². The number of nitriles is 1. The summed E-state index contributed by atoms with van der Waals surface area (Å²) in [5, 5.41) is 8.34. The minimum Gasteiger partial charge on any atom is -0.312 e. The molecule has 1 aromatic carbocycles. The summed E-state index contributed by atoms with van der Waals surface area (Å²) >= 11 is 0. The first-order valence-electron chi connectivity index (χ1n) is 3.26. The van der Waals surface area contributed by atoms with E-state index in [4.69, 9.17) is 11.0 Å². The summed E-state index contributed by atoms with van der Waals surface area (Å²) in [6.07, 6.45) is 0. The summed E-state index contributed by atoms with van der Waals surface area (Å²) in [5.74, 6) is -2.04. The van der Waals surface area contributed by atoms with Gasteiger partial charge in [0.1, 0.15) is 6.04 Å². The highest BCUT2D eigenvalue weighted by molar-refractivity contribution is 5.25. The van der Waals surface area contributed by atoms with Crippen LogP contribution in [-0.4, -0.2) is 0 Å². The van der Waals surface area contributed by atoms with Gasteiger partial charge in [-0.2, -0.15) is 5.26 Å². The van der Waals surface area contributed by atoms with Crippen molar-refractivity contribution < 1.29 is 8.78 Å². The lowest BCUT2D eigenvalue weighted by Crippen LogP contribution is -2.10. The van der Waals surface area contributed by atoms with E-state index < -0.39 is 17.7 Å². The van der Waals surface area contributed by atoms with E-state index in [1.165, 1.54) is 12.1 Å². The molecule has 0 saturated heterocycles. The topological polar surface area (TPSA) is 49.8 Å². The third-order valence-corrected chi connectivity index (χ3v) is 1.46. The molecule has 1 rings (SSSR count). The van der Waals surface area contributed by atoms with E-state index in [0.29, 0.717) is 0 Å². The number of nitrogens with two attached hydrogens (primary N) is 1. The zero-order chi connectivity index (χ0) is 9.14. The Balaban J connectivity index is 3.18. The van der Waals surface area contributed by atoms with Crippen LogP contribution in [-0.2, 0) is 0 Å². The fourth-order valence-electron chi connectivity index (χ4n) is 0.830. The zero-order valence-electron chi connectivity index (χ0n) is 6.09. The van der Waals surface area contributed by atoms with Crippen LogP contribution >= 0.6 is 0 Å². The lowest BCUT2D eigenvalue weighted by molar-refractivity contribution is 0.496. The van der Waals surface area contributed by atoms with Crippen LogP contribution in [0.25, 0.3) is 0 Å². The highest BCUT2D eigenvalue weighted by Gasteiger charge is 2.13. The molecular formula is C8H6F2N2. The predicted octanol–water partition coefficient (Wildman–Crippen LogP) is 1.49. The first-order valence-corrected chi connectivity index (χ1v) is 3.26. The van der Waals surface area contributed by atoms with Crippen molar-refractivity contribution in [1.29, 1.82) is 5.26 Å². The molecule has 2 nitrogen and oxygen atoms in total. The quantitative estimate of drug-likeness (QED) is 0.690. The first kappa shape index (κ1) is 8.62. The first-order chi connectivity index (χ1) is 5.66. The van der Waals surface area contributed by atoms with Crippen LogP contribution in [0.15, 0.2) is 18.2 Å². The van der Waals surface area contributed by atoms with E-state index in [2.05, 4.69) is 0 Å². The van der Waals surface area contributed by atoms with E-state index in [-0.39, 0.29) is 5.56 Å². The summed E-state index contributed by atoms with van der Waals surface area (Å²) < 4.78 is 25.4. The molecule has 0 aromatic heterocycles. The van der Waals surface area contributed by atoms with Crippen molar-refractivity contribution in [3.05, 3.63) is 35.4 Å². The number of hydrogen-bond donors (Lipinski definition) is 1. The summed E-state index contributed by atoms with van der Waals surface area (Å²) in [6, 6.07) is 4.08. The Morgan fingerprint density at radius 1 is 1.42 bits per heavy atom. The molecule has 0 spiro atoms. The second-order valence-corrected chi connectivity index (χ2v) is 2.25. The molecule has 1 unspecified atom stereocenters. The number of nitrogens with zero attached hydrogens (tertiary/aromatic N) is 1. The van der Waals surface area contributed by atoms with Gasteiger partial charge in [-0.15, -0.1) is 0 Å². The van der Waals surface area contributed by atoms with E-state index in [1.54, 1.807) is 6.07 Å². The Labute approximate surface area is 68.2 Å². The molecule has 0 bridgehead atoms. The van der Waals surface area contributed by atoms with Crippen LogP contribution in [0.2, 0.25) is 0 Å². The highest BCUT2D eigenvalue weighted by atomic mass is 19.2. The summed E-state index contributed by atoms with van der Waals surface area (Å²) in [6.45, 7) is 0. The maximum absolute atomic E-state index is 12.8. The molecule has 0 aliphatic carbocycles. The molecule has 62 valence electrons. The molecule has 0 heterocycles. The average Bonchev–Trinajstić information content (AvgIpc) is 2.08. The Bertz CT molecular complexity index is 330. The molecular weight excluding hydrogens is 162 g/mol. The lowest BCUT2D eigenvalue weighted by atomic mass is 10.1. The molecule has 2 N–H and O–H groups in total. The largest absolute Gasteiger partial charge is 0.312 e. The Hall–Kier alpha value is -1.47. The SMILES string of the molecule is N#CC(N)c1cccc(F)c1F. The van der Waals surface area contributed by atoms with Crippen LogP contribution in [0.3, 0.4) is 0 Å². The van der Waals surface area contributed by atoms with Crippen LogP contribution in [0.1, 0.15) is 11.6 Å². The standard InChI is InChI=1S/C8H6F2N2/c9-6-3-1-2-5(8(6)10)7(12)4-11/h1-3,7H,12H2. The maximum Gasteiger partial charge on any atom is 0.164 e. The molecule has 1 aromatic rings. The third-order valence-electron chi connectivity index (χ3n) is 1.46. The Morgan fingerprint density at radius 3 is 2.67 bits per heavy atom. The number of rotatable bonds is 1. The number of benzene rings is 1. The number of halogens is 2. The lowest BCUT2D eigenvalue weighted by Gasteiger charge is -2.03. The summed E-state index contributed by atoms with van der Waals surface area (Å²) in [7, 11) is 0. The molecule has 1 atom stereocenters. The zero-order valence-corrected chi connectivity index (χ0v) is 6.09. The van der Waals surface area contributed by atoms with Gasteiger partial charge in [0, 0.05) is 5.56 Å². The van der Waals surface area contributed by atoms with Crippen LogP contribution in [0.4, 0.5) is 8.78 Å². The van der Waals surface area contributed by atoms with Crippen LogP contribution in [0.5, 0.6) is 0 Å². The molecule has 0 radical (unpaired) electrons. The third kappa shape index (κ3) is 1.41. The van der Waals surface area contributed by atoms with E-state index in [0.717, 1.165) is 6.07 Å². The van der Waals surface area contributed by atoms with Crippen molar-refractivity contribution in [3.63, 3.8) is 0 Å².